The third kappa shape index (κ3) is 3.77. The summed E-state index contributed by atoms with van der Waals surface area (Å²) in [6, 6.07) is 23.0. The summed E-state index contributed by atoms with van der Waals surface area (Å²) in [6.07, 6.45) is 1.99. The number of nitrogens with zero attached hydrogens (tertiary/aromatic N) is 1. The molecule has 0 bridgehead atoms. The van der Waals surface area contributed by atoms with Crippen LogP contribution < -0.4 is 0 Å². The lowest BCUT2D eigenvalue weighted by molar-refractivity contribution is 0.588. The number of rotatable bonds is 5. The van der Waals surface area contributed by atoms with Gasteiger partial charge in [0, 0.05) is 20.3 Å². The van der Waals surface area contributed by atoms with Crippen molar-refractivity contribution in [1.82, 2.24) is 3.97 Å². The minimum absolute atomic E-state index is 0.0588. The van der Waals surface area contributed by atoms with Crippen LogP contribution in [0.15, 0.2) is 82.2 Å². The van der Waals surface area contributed by atoms with Gasteiger partial charge >= 0.3 is 0 Å². The molecule has 0 fully saturated rings. The van der Waals surface area contributed by atoms with Crippen molar-refractivity contribution >= 4 is 48.6 Å². The number of aryl methyl sites for hydroxylation is 1. The summed E-state index contributed by atoms with van der Waals surface area (Å²) in [5.41, 5.74) is 4.15. The maximum Gasteiger partial charge on any atom is 0.243 e. The summed E-state index contributed by atoms with van der Waals surface area (Å²) in [7, 11) is -3.66. The molecule has 4 aromatic rings. The Morgan fingerprint density at radius 2 is 1.66 bits per heavy atom. The highest BCUT2D eigenvalue weighted by atomic mass is 79.9. The average molecular weight is 486 g/mol. The van der Waals surface area contributed by atoms with Gasteiger partial charge < -0.3 is 0 Å². The molecular weight excluding hydrogens is 466 g/mol. The molecule has 3 nitrogen and oxygen atoms in total. The van der Waals surface area contributed by atoms with E-state index >= 15 is 0 Å². The van der Waals surface area contributed by atoms with Crippen LogP contribution in [0.4, 0.5) is 0 Å². The molecule has 0 spiro atoms. The van der Waals surface area contributed by atoms with Crippen molar-refractivity contribution < 1.29 is 8.42 Å². The number of hydrogen-bond acceptors (Lipinski definition) is 3. The Kier molecular flexibility index (Phi) is 5.60. The first-order chi connectivity index (χ1) is 13.9. The van der Waals surface area contributed by atoms with Crippen LogP contribution in [0, 0.1) is 6.92 Å². The van der Waals surface area contributed by atoms with Gasteiger partial charge in [-0.2, -0.15) is 0 Å². The summed E-state index contributed by atoms with van der Waals surface area (Å²) in [6.45, 7) is 2.03. The number of aromatic nitrogens is 1. The first-order valence-electron chi connectivity index (χ1n) is 9.13. The zero-order valence-electron chi connectivity index (χ0n) is 16.1. The zero-order valence-corrected chi connectivity index (χ0v) is 19.3. The van der Waals surface area contributed by atoms with Crippen molar-refractivity contribution in [2.24, 2.45) is 0 Å². The fourth-order valence-corrected chi connectivity index (χ4v) is 6.56. The molecule has 148 valence electrons. The summed E-state index contributed by atoms with van der Waals surface area (Å²) in [5.74, 6) is -0.0588. The molecule has 6 heteroatoms. The van der Waals surface area contributed by atoms with Crippen LogP contribution >= 0.6 is 27.7 Å². The monoisotopic (exact) mass is 485 g/mol. The van der Waals surface area contributed by atoms with Crippen LogP contribution in [0.1, 0.15) is 11.1 Å². The third-order valence-electron chi connectivity index (χ3n) is 4.84. The molecular formula is C23H20BrNO2S2. The molecule has 1 heterocycles. The molecule has 4 rings (SSSR count). The minimum atomic E-state index is -3.66. The minimum Gasteiger partial charge on any atom is -0.236 e. The van der Waals surface area contributed by atoms with Crippen LogP contribution in [-0.2, 0) is 15.8 Å². The molecule has 0 radical (unpaired) electrons. The molecule has 0 atom stereocenters. The van der Waals surface area contributed by atoms with E-state index in [2.05, 4.69) is 22.0 Å². The van der Waals surface area contributed by atoms with Crippen LogP contribution in [0.5, 0.6) is 0 Å². The Morgan fingerprint density at radius 1 is 0.966 bits per heavy atom. The van der Waals surface area contributed by atoms with Gasteiger partial charge in [0.05, 0.1) is 17.0 Å². The number of halogens is 1. The van der Waals surface area contributed by atoms with Crippen molar-refractivity contribution in [2.45, 2.75) is 17.6 Å². The van der Waals surface area contributed by atoms with E-state index in [1.807, 2.05) is 79.9 Å². The highest BCUT2D eigenvalue weighted by molar-refractivity contribution is 9.10. The van der Waals surface area contributed by atoms with Gasteiger partial charge in [-0.1, -0.05) is 76.1 Å². The van der Waals surface area contributed by atoms with Crippen molar-refractivity contribution in [3.05, 3.63) is 88.4 Å². The molecule has 0 amide bonds. The molecule has 0 N–H and O–H groups in total. The number of thioether (sulfide) groups is 1. The predicted molar refractivity (Wildman–Crippen MR) is 126 cm³/mol. The van der Waals surface area contributed by atoms with Crippen molar-refractivity contribution in [3.8, 4) is 11.3 Å². The zero-order chi connectivity index (χ0) is 20.6. The standard InChI is InChI=1S/C23H20BrNO2S2/c1-16-12-13-21-19(14-16)23(28-2)22(18-10-6-7-11-20(18)24)25(21)29(26,27)15-17-8-4-3-5-9-17/h3-14H,15H2,1-2H3. The molecule has 0 unspecified atom stereocenters. The van der Waals surface area contributed by atoms with Gasteiger partial charge in [0.15, 0.2) is 0 Å². The molecule has 3 aromatic carbocycles. The lowest BCUT2D eigenvalue weighted by atomic mass is 10.1. The Morgan fingerprint density at radius 3 is 2.34 bits per heavy atom. The molecule has 1 aromatic heterocycles. The van der Waals surface area contributed by atoms with E-state index in [0.717, 1.165) is 31.4 Å². The Hall–Kier alpha value is -2.02. The van der Waals surface area contributed by atoms with Crippen LogP contribution in [0.2, 0.25) is 0 Å². The van der Waals surface area contributed by atoms with Gasteiger partial charge in [-0.25, -0.2) is 12.4 Å². The van der Waals surface area contributed by atoms with E-state index in [-0.39, 0.29) is 5.75 Å². The highest BCUT2D eigenvalue weighted by Crippen LogP contribution is 2.43. The van der Waals surface area contributed by atoms with E-state index in [0.29, 0.717) is 11.2 Å². The topological polar surface area (TPSA) is 39.1 Å². The van der Waals surface area contributed by atoms with Gasteiger partial charge in [-0.15, -0.1) is 11.8 Å². The number of fused-ring (bicyclic) bond motifs is 1. The fraction of sp³-hybridized carbons (Fsp3) is 0.130. The lowest BCUT2D eigenvalue weighted by Crippen LogP contribution is -2.16. The highest BCUT2D eigenvalue weighted by Gasteiger charge is 2.27. The number of benzene rings is 3. The van der Waals surface area contributed by atoms with Crippen LogP contribution in [0.25, 0.3) is 22.2 Å². The first kappa shape index (κ1) is 20.3. The van der Waals surface area contributed by atoms with Gasteiger partial charge in [0.25, 0.3) is 0 Å². The maximum absolute atomic E-state index is 13.7. The molecule has 29 heavy (non-hydrogen) atoms. The van der Waals surface area contributed by atoms with Crippen LogP contribution in [-0.4, -0.2) is 18.6 Å². The SMILES string of the molecule is CSc1c(-c2ccccc2Br)n(S(=O)(=O)Cc2ccccc2)c2ccc(C)cc12. The Balaban J connectivity index is 2.07. The summed E-state index contributed by atoms with van der Waals surface area (Å²) in [4.78, 5) is 0.965. The molecule has 0 aliphatic carbocycles. The van der Waals surface area contributed by atoms with Gasteiger partial charge in [0.2, 0.25) is 10.0 Å². The first-order valence-corrected chi connectivity index (χ1v) is 12.8. The molecule has 0 aliphatic rings. The maximum atomic E-state index is 13.7. The summed E-state index contributed by atoms with van der Waals surface area (Å²) in [5, 5.41) is 0.958. The summed E-state index contributed by atoms with van der Waals surface area (Å²) < 4.78 is 29.7. The summed E-state index contributed by atoms with van der Waals surface area (Å²) >= 11 is 5.19. The number of hydrogen-bond donors (Lipinski definition) is 0. The molecule has 0 saturated carbocycles. The van der Waals surface area contributed by atoms with Crippen molar-refractivity contribution in [3.63, 3.8) is 0 Å². The second-order valence-corrected chi connectivity index (χ2v) is 10.4. The smallest absolute Gasteiger partial charge is 0.236 e. The van der Waals surface area contributed by atoms with E-state index < -0.39 is 10.0 Å². The van der Waals surface area contributed by atoms with Gasteiger partial charge in [0.1, 0.15) is 0 Å². The Bertz CT molecular complexity index is 1300. The fourth-order valence-electron chi connectivity index (χ4n) is 3.58. The van der Waals surface area contributed by atoms with Crippen molar-refractivity contribution in [2.75, 3.05) is 6.26 Å². The van der Waals surface area contributed by atoms with E-state index in [9.17, 15) is 8.42 Å². The largest absolute Gasteiger partial charge is 0.243 e. The second-order valence-electron chi connectivity index (χ2n) is 6.89. The van der Waals surface area contributed by atoms with E-state index in [1.165, 1.54) is 3.97 Å². The third-order valence-corrected chi connectivity index (χ3v) is 7.98. The van der Waals surface area contributed by atoms with E-state index in [1.54, 1.807) is 11.8 Å². The average Bonchev–Trinajstić information content (AvgIpc) is 3.02. The lowest BCUT2D eigenvalue weighted by Gasteiger charge is -2.14. The van der Waals surface area contributed by atoms with E-state index in [4.69, 9.17) is 0 Å². The predicted octanol–water partition coefficient (Wildman–Crippen LogP) is 6.48. The quantitative estimate of drug-likeness (QED) is 0.303. The van der Waals surface area contributed by atoms with Gasteiger partial charge in [-0.3, -0.25) is 0 Å². The normalized spacial score (nSPS) is 11.8. The molecule has 0 saturated heterocycles. The molecule has 0 aliphatic heterocycles. The Labute approximate surface area is 183 Å². The second kappa shape index (κ2) is 8.01. The van der Waals surface area contributed by atoms with Gasteiger partial charge in [-0.05, 0) is 36.9 Å². The van der Waals surface area contributed by atoms with Crippen molar-refractivity contribution in [1.29, 1.82) is 0 Å². The van der Waals surface area contributed by atoms with Crippen LogP contribution in [0.3, 0.4) is 0 Å².